The van der Waals surface area contributed by atoms with E-state index in [4.69, 9.17) is 9.47 Å². The quantitative estimate of drug-likeness (QED) is 0.563. The van der Waals surface area contributed by atoms with Crippen molar-refractivity contribution in [1.29, 1.82) is 0 Å². The molecule has 0 heterocycles. The number of Topliss-reactive ketones (excluding diaryl/α,β-unsaturated/α-hetero) is 2. The molecule has 27 heavy (non-hydrogen) atoms. The number of rotatable bonds is 11. The molecule has 144 valence electrons. The second-order valence-electron chi connectivity index (χ2n) is 6.24. The monoisotopic (exact) mass is 369 g/mol. The molecule has 0 atom stereocenters. The van der Waals surface area contributed by atoms with Crippen LogP contribution >= 0.6 is 0 Å². The normalized spacial score (nSPS) is 10.7. The second-order valence-corrected chi connectivity index (χ2v) is 6.24. The van der Waals surface area contributed by atoms with Gasteiger partial charge in [0, 0.05) is 37.1 Å². The van der Waals surface area contributed by atoms with Gasteiger partial charge in [0.1, 0.15) is 11.5 Å². The number of benzene rings is 2. The van der Waals surface area contributed by atoms with E-state index in [0.717, 1.165) is 18.0 Å². The van der Waals surface area contributed by atoms with Crippen LogP contribution in [0.3, 0.4) is 0 Å². The SMILES string of the molecule is CCN(CCC(=O)c1ccc(OC)cc1)CCC(=O)c1ccc(OC)cc1. The van der Waals surface area contributed by atoms with Gasteiger partial charge in [0.15, 0.2) is 11.6 Å². The van der Waals surface area contributed by atoms with Gasteiger partial charge in [0.25, 0.3) is 0 Å². The summed E-state index contributed by atoms with van der Waals surface area (Å²) in [5, 5.41) is 0. The number of methoxy groups -OCH3 is 2. The third-order valence-corrected chi connectivity index (χ3v) is 4.58. The summed E-state index contributed by atoms with van der Waals surface area (Å²) in [7, 11) is 3.20. The van der Waals surface area contributed by atoms with Crippen molar-refractivity contribution in [1.82, 2.24) is 4.90 Å². The van der Waals surface area contributed by atoms with E-state index in [2.05, 4.69) is 4.90 Å². The van der Waals surface area contributed by atoms with Gasteiger partial charge in [-0.25, -0.2) is 0 Å². The molecule has 2 aromatic rings. The van der Waals surface area contributed by atoms with Crippen molar-refractivity contribution in [3.05, 3.63) is 59.7 Å². The molecule has 2 aromatic carbocycles. The molecule has 0 aliphatic rings. The standard InChI is InChI=1S/C22H27NO4/c1-4-23(15-13-21(24)17-5-9-19(26-2)10-6-17)16-14-22(25)18-7-11-20(27-3)12-8-18/h5-12H,4,13-16H2,1-3H3. The summed E-state index contributed by atoms with van der Waals surface area (Å²) in [6.45, 7) is 4.11. The molecule has 0 spiro atoms. The highest BCUT2D eigenvalue weighted by atomic mass is 16.5. The lowest BCUT2D eigenvalue weighted by Crippen LogP contribution is -2.28. The highest BCUT2D eigenvalue weighted by Gasteiger charge is 2.12. The lowest BCUT2D eigenvalue weighted by atomic mass is 10.1. The molecular formula is C22H27NO4. The molecule has 5 nitrogen and oxygen atoms in total. The first-order valence-electron chi connectivity index (χ1n) is 9.14. The highest BCUT2D eigenvalue weighted by Crippen LogP contribution is 2.14. The molecule has 0 N–H and O–H groups in total. The summed E-state index contributed by atoms with van der Waals surface area (Å²) in [4.78, 5) is 26.8. The number of carbonyl (C=O) groups excluding carboxylic acids is 2. The van der Waals surface area contributed by atoms with Crippen LogP contribution in [0.5, 0.6) is 11.5 Å². The summed E-state index contributed by atoms with van der Waals surface area (Å²) < 4.78 is 10.2. The Morgan fingerprint density at radius 3 is 1.41 bits per heavy atom. The van der Waals surface area contributed by atoms with Crippen LogP contribution < -0.4 is 9.47 Å². The van der Waals surface area contributed by atoms with Gasteiger partial charge in [0.05, 0.1) is 14.2 Å². The summed E-state index contributed by atoms with van der Waals surface area (Å²) in [5.74, 6) is 1.66. The Morgan fingerprint density at radius 1 is 0.741 bits per heavy atom. The average molecular weight is 369 g/mol. The zero-order chi connectivity index (χ0) is 19.6. The third kappa shape index (κ3) is 6.22. The van der Waals surface area contributed by atoms with E-state index < -0.39 is 0 Å². The van der Waals surface area contributed by atoms with E-state index in [-0.39, 0.29) is 11.6 Å². The Balaban J connectivity index is 1.81. The molecule has 5 heteroatoms. The topological polar surface area (TPSA) is 55.8 Å². The van der Waals surface area contributed by atoms with Crippen LogP contribution in [-0.4, -0.2) is 50.3 Å². The van der Waals surface area contributed by atoms with Crippen molar-refractivity contribution in [3.63, 3.8) is 0 Å². The van der Waals surface area contributed by atoms with Crippen molar-refractivity contribution in [3.8, 4) is 11.5 Å². The molecule has 0 aromatic heterocycles. The van der Waals surface area contributed by atoms with E-state index in [9.17, 15) is 9.59 Å². The van der Waals surface area contributed by atoms with Gasteiger partial charge >= 0.3 is 0 Å². The molecule has 0 radical (unpaired) electrons. The fraction of sp³-hybridized carbons (Fsp3) is 0.364. The Labute approximate surface area is 160 Å². The van der Waals surface area contributed by atoms with Gasteiger partial charge in [-0.2, -0.15) is 0 Å². The first-order valence-corrected chi connectivity index (χ1v) is 9.14. The average Bonchev–Trinajstić information content (AvgIpc) is 2.73. The van der Waals surface area contributed by atoms with Crippen molar-refractivity contribution in [2.24, 2.45) is 0 Å². The predicted molar refractivity (Wildman–Crippen MR) is 106 cm³/mol. The minimum atomic E-state index is 0.0950. The van der Waals surface area contributed by atoms with E-state index >= 15 is 0 Å². The molecular weight excluding hydrogens is 342 g/mol. The van der Waals surface area contributed by atoms with Crippen LogP contribution in [0.2, 0.25) is 0 Å². The van der Waals surface area contributed by atoms with Crippen molar-refractivity contribution >= 4 is 11.6 Å². The zero-order valence-electron chi connectivity index (χ0n) is 16.2. The van der Waals surface area contributed by atoms with Gasteiger partial charge in [-0.05, 0) is 55.1 Å². The second kappa shape index (κ2) is 10.5. The largest absolute Gasteiger partial charge is 0.497 e. The fourth-order valence-corrected chi connectivity index (χ4v) is 2.79. The van der Waals surface area contributed by atoms with Crippen LogP contribution in [0.25, 0.3) is 0 Å². The number of hydrogen-bond donors (Lipinski definition) is 0. The summed E-state index contributed by atoms with van der Waals surface area (Å²) in [5.41, 5.74) is 1.36. The molecule has 0 aliphatic heterocycles. The summed E-state index contributed by atoms with van der Waals surface area (Å²) in [6.07, 6.45) is 0.855. The molecule has 0 bridgehead atoms. The smallest absolute Gasteiger partial charge is 0.164 e. The minimum Gasteiger partial charge on any atom is -0.497 e. The van der Waals surface area contributed by atoms with Crippen molar-refractivity contribution in [2.75, 3.05) is 33.9 Å². The van der Waals surface area contributed by atoms with Gasteiger partial charge in [-0.15, -0.1) is 0 Å². The predicted octanol–water partition coefficient (Wildman–Crippen LogP) is 3.87. The molecule has 0 saturated heterocycles. The van der Waals surface area contributed by atoms with Gasteiger partial charge in [0.2, 0.25) is 0 Å². The van der Waals surface area contributed by atoms with Crippen LogP contribution in [0.15, 0.2) is 48.5 Å². The first kappa shape index (κ1) is 20.6. The van der Waals surface area contributed by atoms with Crippen LogP contribution in [-0.2, 0) is 0 Å². The summed E-state index contributed by atoms with van der Waals surface area (Å²) >= 11 is 0. The van der Waals surface area contributed by atoms with E-state index in [1.54, 1.807) is 62.8 Å². The Hall–Kier alpha value is -2.66. The molecule has 0 unspecified atom stereocenters. The number of hydrogen-bond acceptors (Lipinski definition) is 5. The van der Waals surface area contributed by atoms with Crippen molar-refractivity contribution < 1.29 is 19.1 Å². The van der Waals surface area contributed by atoms with E-state index in [0.29, 0.717) is 37.1 Å². The summed E-state index contributed by atoms with van der Waals surface area (Å²) in [6, 6.07) is 14.3. The molecule has 0 aliphatic carbocycles. The van der Waals surface area contributed by atoms with Gasteiger partial charge in [-0.3, -0.25) is 9.59 Å². The lowest BCUT2D eigenvalue weighted by Gasteiger charge is -2.19. The maximum absolute atomic E-state index is 12.3. The lowest BCUT2D eigenvalue weighted by molar-refractivity contribution is 0.0949. The maximum atomic E-state index is 12.3. The molecule has 0 saturated carbocycles. The van der Waals surface area contributed by atoms with Crippen molar-refractivity contribution in [2.45, 2.75) is 19.8 Å². The Bertz CT molecular complexity index is 674. The highest BCUT2D eigenvalue weighted by molar-refractivity contribution is 5.97. The third-order valence-electron chi connectivity index (χ3n) is 4.58. The molecule has 0 amide bonds. The number of ether oxygens (including phenoxy) is 2. The number of nitrogens with zero attached hydrogens (tertiary/aromatic N) is 1. The van der Waals surface area contributed by atoms with Crippen LogP contribution in [0.4, 0.5) is 0 Å². The molecule has 0 fully saturated rings. The van der Waals surface area contributed by atoms with Crippen LogP contribution in [0, 0.1) is 0 Å². The van der Waals surface area contributed by atoms with E-state index in [1.807, 2.05) is 6.92 Å². The first-order chi connectivity index (χ1) is 13.1. The van der Waals surface area contributed by atoms with E-state index in [1.165, 1.54) is 0 Å². The number of ketones is 2. The molecule has 2 rings (SSSR count). The van der Waals surface area contributed by atoms with Gasteiger partial charge in [-0.1, -0.05) is 6.92 Å². The Morgan fingerprint density at radius 2 is 1.11 bits per heavy atom. The minimum absolute atomic E-state index is 0.0950. The fourth-order valence-electron chi connectivity index (χ4n) is 2.79. The Kier molecular flexibility index (Phi) is 8.01. The van der Waals surface area contributed by atoms with Crippen LogP contribution in [0.1, 0.15) is 40.5 Å². The zero-order valence-corrected chi connectivity index (χ0v) is 16.2. The number of carbonyl (C=O) groups is 2. The van der Waals surface area contributed by atoms with Gasteiger partial charge < -0.3 is 14.4 Å². The maximum Gasteiger partial charge on any atom is 0.164 e.